The lowest BCUT2D eigenvalue weighted by atomic mass is 10.1. The van der Waals surface area contributed by atoms with Gasteiger partial charge in [0, 0.05) is 58.3 Å². The van der Waals surface area contributed by atoms with Crippen LogP contribution in [0.4, 0.5) is 4.39 Å². The first-order valence-corrected chi connectivity index (χ1v) is 13.8. The van der Waals surface area contributed by atoms with E-state index in [0.717, 1.165) is 36.9 Å². The molecule has 0 bridgehead atoms. The van der Waals surface area contributed by atoms with Crippen molar-refractivity contribution in [3.8, 4) is 5.75 Å². The summed E-state index contributed by atoms with van der Waals surface area (Å²) in [6.07, 6.45) is 1.50. The van der Waals surface area contributed by atoms with Gasteiger partial charge in [-0.15, -0.1) is 0 Å². The van der Waals surface area contributed by atoms with E-state index >= 15 is 0 Å². The summed E-state index contributed by atoms with van der Waals surface area (Å²) in [4.78, 5) is 15.8. The predicted molar refractivity (Wildman–Crippen MR) is 136 cm³/mol. The van der Waals surface area contributed by atoms with Crippen LogP contribution in [-0.2, 0) is 21.4 Å². The molecule has 10 heteroatoms. The van der Waals surface area contributed by atoms with E-state index in [1.54, 1.807) is 6.92 Å². The van der Waals surface area contributed by atoms with Gasteiger partial charge >= 0.3 is 0 Å². The molecule has 8 nitrogen and oxygen atoms in total. The van der Waals surface area contributed by atoms with E-state index < -0.39 is 15.8 Å². The third-order valence-corrected chi connectivity index (χ3v) is 8.78. The summed E-state index contributed by atoms with van der Waals surface area (Å²) in [5, 5.41) is 3.00. The first kappa shape index (κ1) is 26.5. The van der Waals surface area contributed by atoms with E-state index in [-0.39, 0.29) is 16.8 Å². The lowest BCUT2D eigenvalue weighted by Gasteiger charge is -2.34. The molecule has 2 saturated heterocycles. The van der Waals surface area contributed by atoms with E-state index in [9.17, 15) is 17.6 Å². The molecule has 2 aromatic carbocycles. The second-order valence-electron chi connectivity index (χ2n) is 9.65. The molecule has 1 atom stereocenters. The van der Waals surface area contributed by atoms with Gasteiger partial charge in [0.05, 0.1) is 4.90 Å². The van der Waals surface area contributed by atoms with E-state index in [0.29, 0.717) is 51.3 Å². The molecule has 196 valence electrons. The van der Waals surface area contributed by atoms with Crippen molar-refractivity contribution in [2.24, 2.45) is 0 Å². The Hall–Kier alpha value is -2.53. The summed E-state index contributed by atoms with van der Waals surface area (Å²) < 4.78 is 47.0. The van der Waals surface area contributed by atoms with Crippen LogP contribution in [0.2, 0.25) is 0 Å². The molecule has 2 aliphatic rings. The highest BCUT2D eigenvalue weighted by Gasteiger charge is 2.30. The zero-order valence-electron chi connectivity index (χ0n) is 21.0. The molecule has 0 unspecified atom stereocenters. The maximum Gasteiger partial charge on any atom is 0.243 e. The summed E-state index contributed by atoms with van der Waals surface area (Å²) >= 11 is 0. The largest absolute Gasteiger partial charge is 0.492 e. The van der Waals surface area contributed by atoms with Gasteiger partial charge in [0.15, 0.2) is 0 Å². The highest BCUT2D eigenvalue weighted by Crippen LogP contribution is 2.22. The van der Waals surface area contributed by atoms with Gasteiger partial charge in [-0.1, -0.05) is 18.2 Å². The molecule has 0 aliphatic carbocycles. The minimum atomic E-state index is -3.72. The Morgan fingerprint density at radius 1 is 1.14 bits per heavy atom. The van der Waals surface area contributed by atoms with Crippen molar-refractivity contribution in [2.75, 3.05) is 52.9 Å². The SMILES string of the molecule is Cc1ccc(F)cc1S(=O)(=O)N1CCN(CCOc2cccc(CN(C)C[C@@H]3CCC(=O)N3)c2)CC1. The number of carbonyl (C=O) groups is 1. The number of benzene rings is 2. The molecule has 0 aromatic heterocycles. The molecule has 0 saturated carbocycles. The van der Waals surface area contributed by atoms with Crippen molar-refractivity contribution >= 4 is 15.9 Å². The molecule has 4 rings (SSSR count). The molecule has 0 spiro atoms. The molecule has 2 aromatic rings. The minimum absolute atomic E-state index is 0.0396. The Morgan fingerprint density at radius 2 is 1.92 bits per heavy atom. The number of carbonyl (C=O) groups excluding carboxylic acids is 1. The first-order chi connectivity index (χ1) is 17.2. The molecule has 0 radical (unpaired) electrons. The third kappa shape index (κ3) is 6.82. The van der Waals surface area contributed by atoms with E-state index in [1.165, 1.54) is 16.4 Å². The average Bonchev–Trinajstić information content (AvgIpc) is 3.25. The Balaban J connectivity index is 1.21. The maximum absolute atomic E-state index is 13.6. The number of likely N-dealkylation sites (N-methyl/N-ethyl adjacent to an activating group) is 1. The fourth-order valence-corrected chi connectivity index (χ4v) is 6.44. The first-order valence-electron chi connectivity index (χ1n) is 12.4. The van der Waals surface area contributed by atoms with Gasteiger partial charge in [-0.25, -0.2) is 12.8 Å². The molecule has 2 fully saturated rings. The average molecular weight is 519 g/mol. The van der Waals surface area contributed by atoms with Crippen molar-refractivity contribution < 1.29 is 22.3 Å². The highest BCUT2D eigenvalue weighted by atomic mass is 32.2. The lowest BCUT2D eigenvalue weighted by molar-refractivity contribution is -0.119. The van der Waals surface area contributed by atoms with Gasteiger partial charge in [-0.3, -0.25) is 9.69 Å². The fraction of sp³-hybridized carbons (Fsp3) is 0.500. The van der Waals surface area contributed by atoms with Crippen LogP contribution in [0, 0.1) is 12.7 Å². The topological polar surface area (TPSA) is 82.2 Å². The van der Waals surface area contributed by atoms with Crippen LogP contribution in [0.1, 0.15) is 24.0 Å². The van der Waals surface area contributed by atoms with Crippen LogP contribution in [0.5, 0.6) is 5.75 Å². The van der Waals surface area contributed by atoms with Crippen LogP contribution >= 0.6 is 0 Å². The van der Waals surface area contributed by atoms with Crippen LogP contribution < -0.4 is 10.1 Å². The monoisotopic (exact) mass is 518 g/mol. The number of hydrogen-bond acceptors (Lipinski definition) is 6. The summed E-state index contributed by atoms with van der Waals surface area (Å²) in [6, 6.07) is 12.1. The number of halogens is 1. The summed E-state index contributed by atoms with van der Waals surface area (Å²) in [7, 11) is -1.67. The number of piperazine rings is 1. The highest BCUT2D eigenvalue weighted by molar-refractivity contribution is 7.89. The quantitative estimate of drug-likeness (QED) is 0.520. The van der Waals surface area contributed by atoms with Crippen molar-refractivity contribution in [1.29, 1.82) is 0 Å². The molecule has 1 amide bonds. The zero-order valence-corrected chi connectivity index (χ0v) is 21.8. The number of nitrogens with one attached hydrogen (secondary N) is 1. The van der Waals surface area contributed by atoms with Gasteiger partial charge in [-0.05, 0) is 55.8 Å². The van der Waals surface area contributed by atoms with Gasteiger partial charge < -0.3 is 15.0 Å². The van der Waals surface area contributed by atoms with Gasteiger partial charge in [0.25, 0.3) is 0 Å². The summed E-state index contributed by atoms with van der Waals surface area (Å²) in [5.74, 6) is 0.388. The number of sulfonamides is 1. The molecular weight excluding hydrogens is 483 g/mol. The van der Waals surface area contributed by atoms with Crippen molar-refractivity contribution in [2.45, 2.75) is 37.2 Å². The number of ether oxygens (including phenoxy) is 1. The Morgan fingerprint density at radius 3 is 2.64 bits per heavy atom. The summed E-state index contributed by atoms with van der Waals surface area (Å²) in [5.41, 5.74) is 1.69. The predicted octanol–water partition coefficient (Wildman–Crippen LogP) is 2.23. The lowest BCUT2D eigenvalue weighted by Crippen LogP contribution is -2.49. The summed E-state index contributed by atoms with van der Waals surface area (Å²) in [6.45, 7) is 6.38. The number of nitrogens with zero attached hydrogens (tertiary/aromatic N) is 3. The number of aryl methyl sites for hydroxylation is 1. The Labute approximate surface area is 213 Å². The normalized spacial score (nSPS) is 19.6. The van der Waals surface area contributed by atoms with Gasteiger partial charge in [-0.2, -0.15) is 4.31 Å². The van der Waals surface area contributed by atoms with Crippen LogP contribution in [0.3, 0.4) is 0 Å². The molecular formula is C26H35FN4O4S. The van der Waals surface area contributed by atoms with E-state index in [4.69, 9.17) is 4.74 Å². The van der Waals surface area contributed by atoms with Crippen LogP contribution in [-0.4, -0.2) is 87.4 Å². The maximum atomic E-state index is 13.6. The molecule has 2 aliphatic heterocycles. The van der Waals surface area contributed by atoms with Crippen LogP contribution in [0.15, 0.2) is 47.4 Å². The third-order valence-electron chi connectivity index (χ3n) is 6.74. The Kier molecular flexibility index (Phi) is 8.61. The number of rotatable bonds is 10. The molecule has 1 N–H and O–H groups in total. The van der Waals surface area contributed by atoms with Crippen molar-refractivity contribution in [3.05, 3.63) is 59.4 Å². The zero-order chi connectivity index (χ0) is 25.7. The van der Waals surface area contributed by atoms with Crippen LogP contribution in [0.25, 0.3) is 0 Å². The van der Waals surface area contributed by atoms with Gasteiger partial charge in [0.1, 0.15) is 18.2 Å². The second kappa shape index (κ2) is 11.7. The smallest absolute Gasteiger partial charge is 0.243 e. The standard InChI is InChI=1S/C26H35FN4O4S/c1-20-6-7-22(27)17-25(20)36(33,34)31-12-10-30(11-13-31)14-15-35-24-5-3-4-21(16-24)18-29(2)19-23-8-9-26(32)28-23/h3-7,16-17,23H,8-15,18-19H2,1-2H3,(H,28,32)/t23-/m0/s1. The molecule has 36 heavy (non-hydrogen) atoms. The fourth-order valence-electron chi connectivity index (χ4n) is 4.78. The van der Waals surface area contributed by atoms with Crippen molar-refractivity contribution in [3.63, 3.8) is 0 Å². The molecule has 2 heterocycles. The Bertz CT molecular complexity index is 1170. The van der Waals surface area contributed by atoms with Gasteiger partial charge in [0.2, 0.25) is 15.9 Å². The second-order valence-corrected chi connectivity index (χ2v) is 11.6. The van der Waals surface area contributed by atoms with Crippen molar-refractivity contribution in [1.82, 2.24) is 19.4 Å². The van der Waals surface area contributed by atoms with E-state index in [1.807, 2.05) is 25.2 Å². The minimum Gasteiger partial charge on any atom is -0.492 e. The number of hydrogen-bond donors (Lipinski definition) is 1. The van der Waals surface area contributed by atoms with E-state index in [2.05, 4.69) is 21.2 Å². The number of amides is 1.